The summed E-state index contributed by atoms with van der Waals surface area (Å²) in [7, 11) is 0. The van der Waals surface area contributed by atoms with Gasteiger partial charge in [-0.3, -0.25) is 4.79 Å². The van der Waals surface area contributed by atoms with Gasteiger partial charge in [0.1, 0.15) is 0 Å². The Morgan fingerprint density at radius 2 is 2.57 bits per heavy atom. The van der Waals surface area contributed by atoms with Crippen LogP contribution < -0.4 is 5.32 Å². The molecule has 76 valence electrons. The molecule has 1 fully saturated rings. The van der Waals surface area contributed by atoms with Gasteiger partial charge in [-0.2, -0.15) is 0 Å². The topological polar surface area (TPSA) is 54.1 Å². The van der Waals surface area contributed by atoms with E-state index in [1.807, 2.05) is 0 Å². The summed E-state index contributed by atoms with van der Waals surface area (Å²) in [6.07, 6.45) is 4.00. The maximum absolute atomic E-state index is 11.7. The first-order chi connectivity index (χ1) is 6.86. The standard InChI is InChI=1S/C10H14N2O2/c13-10(8-1-2-11-6-8)5-9-7-14-4-3-12-9/h1-2,6,9,11-12H,3-5,7H2. The van der Waals surface area contributed by atoms with E-state index >= 15 is 0 Å². The van der Waals surface area contributed by atoms with E-state index in [0.29, 0.717) is 13.0 Å². The molecular weight excluding hydrogens is 180 g/mol. The van der Waals surface area contributed by atoms with E-state index in [1.54, 1.807) is 18.5 Å². The number of aromatic amines is 1. The summed E-state index contributed by atoms with van der Waals surface area (Å²) in [5.74, 6) is 0.161. The molecule has 4 nitrogen and oxygen atoms in total. The largest absolute Gasteiger partial charge is 0.378 e. The monoisotopic (exact) mass is 194 g/mol. The molecule has 2 rings (SSSR count). The van der Waals surface area contributed by atoms with Gasteiger partial charge in [-0.1, -0.05) is 0 Å². The number of hydrogen-bond donors (Lipinski definition) is 2. The molecule has 0 aromatic carbocycles. The van der Waals surface area contributed by atoms with Crippen molar-refractivity contribution in [1.82, 2.24) is 10.3 Å². The molecule has 1 aromatic rings. The number of carbonyl (C=O) groups is 1. The van der Waals surface area contributed by atoms with Crippen LogP contribution in [0.2, 0.25) is 0 Å². The molecule has 4 heteroatoms. The van der Waals surface area contributed by atoms with Crippen LogP contribution in [0, 0.1) is 0 Å². The van der Waals surface area contributed by atoms with Gasteiger partial charge in [0.2, 0.25) is 0 Å². The van der Waals surface area contributed by atoms with Gasteiger partial charge in [-0.25, -0.2) is 0 Å². The average Bonchev–Trinajstić information content (AvgIpc) is 2.72. The summed E-state index contributed by atoms with van der Waals surface area (Å²) < 4.78 is 5.28. The molecule has 0 amide bonds. The van der Waals surface area contributed by atoms with Gasteiger partial charge >= 0.3 is 0 Å². The molecule has 0 saturated carbocycles. The van der Waals surface area contributed by atoms with Crippen LogP contribution in [0.4, 0.5) is 0 Å². The maximum Gasteiger partial charge on any atom is 0.166 e. The molecule has 1 unspecified atom stereocenters. The van der Waals surface area contributed by atoms with Gasteiger partial charge in [-0.15, -0.1) is 0 Å². The van der Waals surface area contributed by atoms with Gasteiger partial charge < -0.3 is 15.0 Å². The third kappa shape index (κ3) is 2.21. The zero-order valence-corrected chi connectivity index (χ0v) is 7.95. The Kier molecular flexibility index (Phi) is 2.96. The van der Waals surface area contributed by atoms with Crippen LogP contribution in [0.5, 0.6) is 0 Å². The molecule has 1 atom stereocenters. The molecule has 2 N–H and O–H groups in total. The minimum Gasteiger partial charge on any atom is -0.378 e. The van der Waals surface area contributed by atoms with Crippen LogP contribution in [0.1, 0.15) is 16.8 Å². The van der Waals surface area contributed by atoms with E-state index in [2.05, 4.69) is 10.3 Å². The minimum absolute atomic E-state index is 0.161. The fraction of sp³-hybridized carbons (Fsp3) is 0.500. The Bertz CT molecular complexity index is 289. The number of morpholine rings is 1. The van der Waals surface area contributed by atoms with Crippen LogP contribution in [-0.2, 0) is 4.74 Å². The van der Waals surface area contributed by atoms with E-state index in [9.17, 15) is 4.79 Å². The molecule has 0 bridgehead atoms. The second-order valence-corrected chi connectivity index (χ2v) is 3.45. The highest BCUT2D eigenvalue weighted by Crippen LogP contribution is 2.06. The Morgan fingerprint density at radius 1 is 1.64 bits per heavy atom. The number of ether oxygens (including phenoxy) is 1. The number of Topliss-reactive ketones (excluding diaryl/α,β-unsaturated/α-hetero) is 1. The maximum atomic E-state index is 11.7. The highest BCUT2D eigenvalue weighted by molar-refractivity contribution is 5.96. The number of H-pyrrole nitrogens is 1. The number of nitrogens with one attached hydrogen (secondary N) is 2. The van der Waals surface area contributed by atoms with Crippen molar-refractivity contribution in [1.29, 1.82) is 0 Å². The van der Waals surface area contributed by atoms with Crippen molar-refractivity contribution >= 4 is 5.78 Å². The van der Waals surface area contributed by atoms with Gasteiger partial charge in [-0.05, 0) is 6.07 Å². The highest BCUT2D eigenvalue weighted by atomic mass is 16.5. The fourth-order valence-electron chi connectivity index (χ4n) is 1.59. The summed E-state index contributed by atoms with van der Waals surface area (Å²) in [6, 6.07) is 1.97. The summed E-state index contributed by atoms with van der Waals surface area (Å²) in [6.45, 7) is 2.22. The van der Waals surface area contributed by atoms with E-state index in [-0.39, 0.29) is 11.8 Å². The first kappa shape index (κ1) is 9.43. The second kappa shape index (κ2) is 4.39. The van der Waals surface area contributed by atoms with E-state index in [0.717, 1.165) is 18.7 Å². The number of hydrogen-bond acceptors (Lipinski definition) is 3. The molecule has 1 aromatic heterocycles. The molecule has 1 aliphatic rings. The second-order valence-electron chi connectivity index (χ2n) is 3.45. The number of ketones is 1. The number of rotatable bonds is 3. The van der Waals surface area contributed by atoms with Crippen molar-refractivity contribution in [2.24, 2.45) is 0 Å². The molecule has 0 aliphatic carbocycles. The van der Waals surface area contributed by atoms with Crippen molar-refractivity contribution in [3.63, 3.8) is 0 Å². The van der Waals surface area contributed by atoms with Gasteiger partial charge in [0.15, 0.2) is 5.78 Å². The van der Waals surface area contributed by atoms with Crippen molar-refractivity contribution in [2.45, 2.75) is 12.5 Å². The van der Waals surface area contributed by atoms with Gasteiger partial charge in [0.25, 0.3) is 0 Å². The zero-order valence-electron chi connectivity index (χ0n) is 7.95. The minimum atomic E-state index is 0.161. The van der Waals surface area contributed by atoms with Crippen molar-refractivity contribution in [3.8, 4) is 0 Å². The predicted molar refractivity (Wildman–Crippen MR) is 52.3 cm³/mol. The zero-order chi connectivity index (χ0) is 9.80. The lowest BCUT2D eigenvalue weighted by Gasteiger charge is -2.22. The first-order valence-corrected chi connectivity index (χ1v) is 4.83. The Morgan fingerprint density at radius 3 is 3.21 bits per heavy atom. The number of carbonyl (C=O) groups excluding carboxylic acids is 1. The molecular formula is C10H14N2O2. The molecule has 0 radical (unpaired) electrons. The molecule has 1 saturated heterocycles. The lowest BCUT2D eigenvalue weighted by molar-refractivity contribution is 0.0676. The molecule has 1 aliphatic heterocycles. The van der Waals surface area contributed by atoms with E-state index in [4.69, 9.17) is 4.74 Å². The third-order valence-electron chi connectivity index (χ3n) is 2.35. The van der Waals surface area contributed by atoms with Crippen molar-refractivity contribution in [2.75, 3.05) is 19.8 Å². The highest BCUT2D eigenvalue weighted by Gasteiger charge is 2.17. The lowest BCUT2D eigenvalue weighted by atomic mass is 10.1. The first-order valence-electron chi connectivity index (χ1n) is 4.83. The summed E-state index contributed by atoms with van der Waals surface area (Å²) in [4.78, 5) is 14.5. The van der Waals surface area contributed by atoms with E-state index in [1.165, 1.54) is 0 Å². The quantitative estimate of drug-likeness (QED) is 0.692. The van der Waals surface area contributed by atoms with Crippen LogP contribution in [0.3, 0.4) is 0 Å². The average molecular weight is 194 g/mol. The summed E-state index contributed by atoms with van der Waals surface area (Å²) in [5, 5.41) is 3.26. The fourth-order valence-corrected chi connectivity index (χ4v) is 1.59. The van der Waals surface area contributed by atoms with E-state index < -0.39 is 0 Å². The molecule has 14 heavy (non-hydrogen) atoms. The van der Waals surface area contributed by atoms with Crippen LogP contribution >= 0.6 is 0 Å². The molecule has 0 spiro atoms. The van der Waals surface area contributed by atoms with Crippen LogP contribution in [0.25, 0.3) is 0 Å². The smallest absolute Gasteiger partial charge is 0.166 e. The Hall–Kier alpha value is -1.13. The summed E-state index contributed by atoms with van der Waals surface area (Å²) in [5.41, 5.74) is 0.748. The van der Waals surface area contributed by atoms with Gasteiger partial charge in [0.05, 0.1) is 13.2 Å². The number of aromatic nitrogens is 1. The van der Waals surface area contributed by atoms with Gasteiger partial charge in [0, 0.05) is 37.0 Å². The lowest BCUT2D eigenvalue weighted by Crippen LogP contribution is -2.42. The molecule has 2 heterocycles. The third-order valence-corrected chi connectivity index (χ3v) is 2.35. The Balaban J connectivity index is 1.87. The SMILES string of the molecule is O=C(CC1COCCN1)c1cc[nH]c1. The Labute approximate surface area is 82.6 Å². The summed E-state index contributed by atoms with van der Waals surface area (Å²) >= 11 is 0. The van der Waals surface area contributed by atoms with Crippen molar-refractivity contribution < 1.29 is 9.53 Å². The van der Waals surface area contributed by atoms with Crippen LogP contribution in [-0.4, -0.2) is 36.6 Å². The predicted octanol–water partition coefficient (Wildman–Crippen LogP) is 0.576. The van der Waals surface area contributed by atoms with Crippen molar-refractivity contribution in [3.05, 3.63) is 24.0 Å². The van der Waals surface area contributed by atoms with Crippen LogP contribution in [0.15, 0.2) is 18.5 Å². The normalized spacial score (nSPS) is 22.1.